The Balaban J connectivity index is 1.66. The van der Waals surface area contributed by atoms with E-state index < -0.39 is 39.6 Å². The molecule has 0 saturated carbocycles. The fourth-order valence-corrected chi connectivity index (χ4v) is 3.72. The smallest absolute Gasteiger partial charge is 0.449 e. The second-order valence-electron chi connectivity index (χ2n) is 8.65. The molecule has 0 amide bonds. The van der Waals surface area contributed by atoms with E-state index in [2.05, 4.69) is 0 Å². The van der Waals surface area contributed by atoms with E-state index in [1.54, 1.807) is 18.2 Å². The summed E-state index contributed by atoms with van der Waals surface area (Å²) in [5.74, 6) is -3.74. The van der Waals surface area contributed by atoms with Crippen molar-refractivity contribution in [1.29, 1.82) is 0 Å². The van der Waals surface area contributed by atoms with E-state index in [0.29, 0.717) is 11.1 Å². The molecule has 0 atom stereocenters. The normalized spacial score (nSPS) is 11.7. The summed E-state index contributed by atoms with van der Waals surface area (Å²) in [5.41, 5.74) is -0.737. The highest BCUT2D eigenvalue weighted by Gasteiger charge is 2.40. The van der Waals surface area contributed by atoms with Crippen LogP contribution in [0, 0.1) is 10.1 Å². The number of carbonyl (C=O) groups is 1. The van der Waals surface area contributed by atoms with E-state index in [4.69, 9.17) is 13.9 Å². The fraction of sp³-hybridized carbons (Fsp3) is 0.143. The molecular weight excluding hydrogens is 519 g/mol. The highest BCUT2D eigenvalue weighted by atomic mass is 19.4. The maximum absolute atomic E-state index is 13.9. The lowest BCUT2D eigenvalue weighted by atomic mass is 10.0. The molecule has 0 saturated heterocycles. The minimum absolute atomic E-state index is 0.0886. The number of alkyl halides is 3. The van der Waals surface area contributed by atoms with Gasteiger partial charge in [0.25, 0.3) is 11.4 Å². The van der Waals surface area contributed by atoms with Gasteiger partial charge in [-0.1, -0.05) is 44.2 Å². The minimum atomic E-state index is -5.07. The van der Waals surface area contributed by atoms with Crippen molar-refractivity contribution in [1.82, 2.24) is 0 Å². The summed E-state index contributed by atoms with van der Waals surface area (Å²) in [6, 6.07) is 15.3. The van der Waals surface area contributed by atoms with E-state index in [1.807, 2.05) is 13.8 Å². The molecule has 0 bridgehead atoms. The largest absolute Gasteiger partial charge is 0.453 e. The van der Waals surface area contributed by atoms with E-state index in [-0.39, 0.29) is 28.5 Å². The number of nitrogens with zero attached hydrogens (tertiary/aromatic N) is 1. The van der Waals surface area contributed by atoms with Gasteiger partial charge in [-0.3, -0.25) is 14.9 Å². The molecule has 1 heterocycles. The lowest BCUT2D eigenvalue weighted by Crippen LogP contribution is -2.16. The summed E-state index contributed by atoms with van der Waals surface area (Å²) < 4.78 is 57.5. The maximum Gasteiger partial charge on any atom is 0.453 e. The summed E-state index contributed by atoms with van der Waals surface area (Å²) in [6.45, 7) is 3.66. The lowest BCUT2D eigenvalue weighted by molar-refractivity contribution is -0.384. The van der Waals surface area contributed by atoms with Gasteiger partial charge in [0, 0.05) is 24.3 Å². The van der Waals surface area contributed by atoms with Crippen LogP contribution in [0.1, 0.15) is 36.7 Å². The zero-order valence-corrected chi connectivity index (χ0v) is 20.5. The van der Waals surface area contributed by atoms with Crippen molar-refractivity contribution >= 4 is 28.7 Å². The van der Waals surface area contributed by atoms with Gasteiger partial charge in [-0.25, -0.2) is 4.79 Å². The number of benzene rings is 3. The van der Waals surface area contributed by atoms with Gasteiger partial charge in [0.15, 0.2) is 0 Å². The monoisotopic (exact) mass is 539 g/mol. The Hall–Kier alpha value is -4.93. The third-order valence-corrected chi connectivity index (χ3v) is 5.54. The third kappa shape index (κ3) is 6.15. The Bertz CT molecular complexity index is 1660. The van der Waals surface area contributed by atoms with Crippen molar-refractivity contribution in [3.05, 3.63) is 110 Å². The fourth-order valence-electron chi connectivity index (χ4n) is 3.72. The Morgan fingerprint density at radius 1 is 1.05 bits per heavy atom. The van der Waals surface area contributed by atoms with Crippen LogP contribution in [0.4, 0.5) is 18.9 Å². The van der Waals surface area contributed by atoms with Gasteiger partial charge in [-0.2, -0.15) is 13.2 Å². The SMILES string of the molecule is CC(C)c1ccccc1Oc1c(C(F)(F)F)oc2cc(OC(=O)/C=C/c3cccc([N+](=O)[O-])c3)ccc2c1=O. The number of nitro groups is 1. The number of halogens is 3. The van der Waals surface area contributed by atoms with Crippen LogP contribution in [0.5, 0.6) is 17.2 Å². The number of esters is 1. The Morgan fingerprint density at radius 3 is 2.49 bits per heavy atom. The number of carbonyl (C=O) groups excluding carboxylic acids is 1. The van der Waals surface area contributed by atoms with Gasteiger partial charge >= 0.3 is 12.1 Å². The average molecular weight is 539 g/mol. The highest BCUT2D eigenvalue weighted by molar-refractivity contribution is 5.89. The predicted molar refractivity (Wildman–Crippen MR) is 136 cm³/mol. The lowest BCUT2D eigenvalue weighted by Gasteiger charge is -2.16. The molecule has 0 aliphatic carbocycles. The first-order valence-corrected chi connectivity index (χ1v) is 11.5. The molecule has 0 N–H and O–H groups in total. The van der Waals surface area contributed by atoms with Crippen LogP contribution in [-0.2, 0) is 11.0 Å². The van der Waals surface area contributed by atoms with Crippen molar-refractivity contribution in [3.63, 3.8) is 0 Å². The van der Waals surface area contributed by atoms with Gasteiger partial charge in [0.1, 0.15) is 17.1 Å². The van der Waals surface area contributed by atoms with E-state index in [1.165, 1.54) is 42.5 Å². The summed E-state index contributed by atoms with van der Waals surface area (Å²) >= 11 is 0. The van der Waals surface area contributed by atoms with Gasteiger partial charge in [-0.05, 0) is 41.3 Å². The molecule has 11 heteroatoms. The van der Waals surface area contributed by atoms with E-state index in [9.17, 15) is 32.9 Å². The summed E-state index contributed by atoms with van der Waals surface area (Å²) in [7, 11) is 0. The molecular formula is C28H20F3NO7. The standard InChI is InChI=1S/C28H20F3NO7/c1-16(2)20-8-3-4-9-22(20)38-26-25(34)21-12-11-19(15-23(21)39-27(26)28(29,30)31)37-24(33)13-10-17-6-5-7-18(14-17)32(35)36/h3-16H,1-2H3/b13-10+. The van der Waals surface area contributed by atoms with E-state index >= 15 is 0 Å². The van der Waals surface area contributed by atoms with Crippen molar-refractivity contribution in [3.8, 4) is 17.2 Å². The zero-order chi connectivity index (χ0) is 28.3. The van der Waals surface area contributed by atoms with Gasteiger partial charge in [0.05, 0.1) is 10.3 Å². The second-order valence-corrected chi connectivity index (χ2v) is 8.65. The zero-order valence-electron chi connectivity index (χ0n) is 20.5. The van der Waals surface area contributed by atoms with Crippen molar-refractivity contribution < 1.29 is 36.8 Å². The van der Waals surface area contributed by atoms with E-state index in [0.717, 1.165) is 18.2 Å². The first kappa shape index (κ1) is 27.1. The number of hydrogen-bond donors (Lipinski definition) is 0. The maximum atomic E-state index is 13.9. The van der Waals surface area contributed by atoms with Crippen LogP contribution in [-0.4, -0.2) is 10.9 Å². The number of ether oxygens (including phenoxy) is 2. The Morgan fingerprint density at radius 2 is 1.79 bits per heavy atom. The molecule has 0 spiro atoms. The van der Waals surface area contributed by atoms with Crippen molar-refractivity contribution in [2.45, 2.75) is 25.9 Å². The van der Waals surface area contributed by atoms with Crippen LogP contribution in [0.15, 0.2) is 82.0 Å². The van der Waals surface area contributed by atoms with Crippen LogP contribution in [0.2, 0.25) is 0 Å². The molecule has 1 aromatic heterocycles. The van der Waals surface area contributed by atoms with Crippen molar-refractivity contribution in [2.75, 3.05) is 0 Å². The number of rotatable bonds is 7. The van der Waals surface area contributed by atoms with Crippen LogP contribution in [0.3, 0.4) is 0 Å². The van der Waals surface area contributed by atoms with Crippen molar-refractivity contribution in [2.24, 2.45) is 0 Å². The quantitative estimate of drug-likeness (QED) is 0.0800. The summed E-state index contributed by atoms with van der Waals surface area (Å²) in [5, 5.41) is 10.7. The molecule has 0 fully saturated rings. The summed E-state index contributed by atoms with van der Waals surface area (Å²) in [4.78, 5) is 35.6. The predicted octanol–water partition coefficient (Wildman–Crippen LogP) is 7.25. The molecule has 39 heavy (non-hydrogen) atoms. The number of fused-ring (bicyclic) bond motifs is 1. The van der Waals surface area contributed by atoms with Gasteiger partial charge in [-0.15, -0.1) is 0 Å². The van der Waals surface area contributed by atoms with Gasteiger partial charge in [0.2, 0.25) is 11.2 Å². The molecule has 200 valence electrons. The van der Waals surface area contributed by atoms with Crippen LogP contribution >= 0.6 is 0 Å². The highest BCUT2D eigenvalue weighted by Crippen LogP contribution is 2.40. The second kappa shape index (κ2) is 10.8. The molecule has 4 rings (SSSR count). The number of hydrogen-bond acceptors (Lipinski definition) is 7. The Kier molecular flexibility index (Phi) is 7.52. The van der Waals surface area contributed by atoms with Gasteiger partial charge < -0.3 is 13.9 Å². The molecule has 0 radical (unpaired) electrons. The Labute approximate surface area is 219 Å². The molecule has 0 unspecified atom stereocenters. The molecule has 4 aromatic rings. The molecule has 8 nitrogen and oxygen atoms in total. The third-order valence-electron chi connectivity index (χ3n) is 5.54. The van der Waals surface area contributed by atoms with Crippen LogP contribution in [0.25, 0.3) is 17.0 Å². The topological polar surface area (TPSA) is 109 Å². The minimum Gasteiger partial charge on any atom is -0.449 e. The molecule has 0 aliphatic heterocycles. The first-order valence-electron chi connectivity index (χ1n) is 11.5. The molecule has 0 aliphatic rings. The number of non-ortho nitro benzene ring substituents is 1. The number of para-hydroxylation sites is 1. The summed E-state index contributed by atoms with van der Waals surface area (Å²) in [6.07, 6.45) is -2.80. The van der Waals surface area contributed by atoms with Crippen LogP contribution < -0.4 is 14.9 Å². The average Bonchev–Trinajstić information content (AvgIpc) is 2.88. The molecule has 3 aromatic carbocycles. The number of nitro benzene ring substituents is 1. The first-order chi connectivity index (χ1) is 18.4.